The summed E-state index contributed by atoms with van der Waals surface area (Å²) < 4.78 is 6.93. The Morgan fingerprint density at radius 3 is 2.40 bits per heavy atom. The van der Waals surface area contributed by atoms with E-state index in [4.69, 9.17) is 4.74 Å². The van der Waals surface area contributed by atoms with Crippen molar-refractivity contribution >= 4 is 12.1 Å². The molecule has 1 N–H and O–H groups in total. The number of hydrogen-bond donors (Lipinski definition) is 1. The molecule has 1 aromatic heterocycles. The van der Waals surface area contributed by atoms with Crippen LogP contribution in [0, 0.1) is 6.92 Å². The topological polar surface area (TPSA) is 84.7 Å². The molecule has 2 aromatic rings. The van der Waals surface area contributed by atoms with E-state index in [1.165, 1.54) is 11.1 Å². The number of benzene rings is 1. The molecular weight excluding hydrogens is 322 g/mol. The minimum absolute atomic E-state index is 0.0846. The van der Waals surface area contributed by atoms with E-state index >= 15 is 0 Å². The second-order valence-corrected chi connectivity index (χ2v) is 6.09. The van der Waals surface area contributed by atoms with E-state index in [2.05, 4.69) is 5.10 Å². The van der Waals surface area contributed by atoms with E-state index in [9.17, 15) is 14.7 Å². The van der Waals surface area contributed by atoms with Crippen LogP contribution in [0.15, 0.2) is 36.5 Å². The fourth-order valence-corrected chi connectivity index (χ4v) is 2.59. The Labute approximate surface area is 146 Å². The summed E-state index contributed by atoms with van der Waals surface area (Å²) in [6.45, 7) is 5.37. The smallest absolute Gasteiger partial charge is 0.411 e. The quantitative estimate of drug-likeness (QED) is 0.870. The van der Waals surface area contributed by atoms with E-state index in [1.807, 2.05) is 30.3 Å². The first kappa shape index (κ1) is 18.5. The van der Waals surface area contributed by atoms with E-state index in [0.717, 1.165) is 5.56 Å². The molecule has 1 atom stereocenters. The molecule has 0 spiro atoms. The lowest BCUT2D eigenvalue weighted by Crippen LogP contribution is -2.43. The van der Waals surface area contributed by atoms with Crippen molar-refractivity contribution in [3.8, 4) is 0 Å². The van der Waals surface area contributed by atoms with Crippen LogP contribution in [0.4, 0.5) is 4.79 Å². The molecule has 2 rings (SSSR count). The minimum atomic E-state index is -1.16. The number of aryl methyl sites for hydroxylation is 1. The molecule has 25 heavy (non-hydrogen) atoms. The molecule has 0 fully saturated rings. The second-order valence-electron chi connectivity index (χ2n) is 6.09. The van der Waals surface area contributed by atoms with Gasteiger partial charge in [0.25, 0.3) is 0 Å². The van der Waals surface area contributed by atoms with Gasteiger partial charge in [0, 0.05) is 24.3 Å². The number of carboxylic acid groups (broad SMARTS) is 1. The summed E-state index contributed by atoms with van der Waals surface area (Å²) in [7, 11) is 1.73. The van der Waals surface area contributed by atoms with E-state index in [1.54, 1.807) is 32.5 Å². The fourth-order valence-electron chi connectivity index (χ4n) is 2.59. The molecule has 0 saturated carbocycles. The summed E-state index contributed by atoms with van der Waals surface area (Å²) in [5.41, 5.74) is 2.00. The molecule has 0 aliphatic heterocycles. The number of amides is 1. The molecule has 0 bridgehead atoms. The van der Waals surface area contributed by atoms with Gasteiger partial charge in [-0.25, -0.2) is 9.59 Å². The summed E-state index contributed by atoms with van der Waals surface area (Å²) in [4.78, 5) is 25.7. The van der Waals surface area contributed by atoms with Crippen LogP contribution in [0.3, 0.4) is 0 Å². The van der Waals surface area contributed by atoms with Crippen LogP contribution in [0.5, 0.6) is 0 Å². The molecule has 7 nitrogen and oxygen atoms in total. The molecule has 1 unspecified atom stereocenters. The lowest BCUT2D eigenvalue weighted by molar-refractivity contribution is -0.143. The standard InChI is InChI=1S/C18H23N3O4/c1-12(2)21(18(24)25-11-14-8-6-5-7-9-14)16(17(22)23)15-10-19-20(4)13(15)3/h5-10,12,16H,11H2,1-4H3,(H,22,23). The van der Waals surface area contributed by atoms with E-state index in [-0.39, 0.29) is 12.6 Å². The number of carbonyl (C=O) groups is 2. The Morgan fingerprint density at radius 1 is 1.28 bits per heavy atom. The molecule has 0 aliphatic rings. The number of nitrogens with zero attached hydrogens (tertiary/aromatic N) is 3. The molecule has 7 heteroatoms. The molecule has 1 aromatic carbocycles. The van der Waals surface area contributed by atoms with Crippen LogP contribution >= 0.6 is 0 Å². The highest BCUT2D eigenvalue weighted by Gasteiger charge is 2.36. The Hall–Kier alpha value is -2.83. The SMILES string of the molecule is Cc1c(C(C(=O)O)N(C(=O)OCc2ccccc2)C(C)C)cnn1C. The molecular formula is C18H23N3O4. The molecule has 134 valence electrons. The average molecular weight is 345 g/mol. The zero-order chi connectivity index (χ0) is 18.6. The zero-order valence-corrected chi connectivity index (χ0v) is 14.8. The van der Waals surface area contributed by atoms with Crippen LogP contribution in [0.25, 0.3) is 0 Å². The van der Waals surface area contributed by atoms with Gasteiger partial charge in [-0.05, 0) is 26.3 Å². The Bertz CT molecular complexity index is 740. The number of aliphatic carboxylic acids is 1. The maximum absolute atomic E-state index is 12.6. The van der Waals surface area contributed by atoms with Crippen molar-refractivity contribution in [2.45, 2.75) is 39.5 Å². The summed E-state index contributed by atoms with van der Waals surface area (Å²) in [5.74, 6) is -1.12. The lowest BCUT2D eigenvalue weighted by atomic mass is 10.1. The van der Waals surface area contributed by atoms with E-state index < -0.39 is 18.1 Å². The Balaban J connectivity index is 2.25. The Kier molecular flexibility index (Phi) is 5.80. The van der Waals surface area contributed by atoms with Gasteiger partial charge in [0.05, 0.1) is 6.20 Å². The van der Waals surface area contributed by atoms with Crippen molar-refractivity contribution in [1.82, 2.24) is 14.7 Å². The molecule has 0 radical (unpaired) electrons. The fraction of sp³-hybridized carbons (Fsp3) is 0.389. The van der Waals surface area contributed by atoms with Gasteiger partial charge in [-0.2, -0.15) is 5.10 Å². The van der Waals surface area contributed by atoms with Gasteiger partial charge in [-0.3, -0.25) is 9.58 Å². The predicted molar refractivity (Wildman–Crippen MR) is 91.9 cm³/mol. The number of carbonyl (C=O) groups excluding carboxylic acids is 1. The summed E-state index contributed by atoms with van der Waals surface area (Å²) in [6.07, 6.45) is 0.808. The van der Waals surface area contributed by atoms with Crippen molar-refractivity contribution in [1.29, 1.82) is 0 Å². The van der Waals surface area contributed by atoms with Gasteiger partial charge in [0.2, 0.25) is 0 Å². The van der Waals surface area contributed by atoms with E-state index in [0.29, 0.717) is 11.3 Å². The highest BCUT2D eigenvalue weighted by molar-refractivity contribution is 5.82. The van der Waals surface area contributed by atoms with Crippen molar-refractivity contribution in [2.75, 3.05) is 0 Å². The normalized spacial score (nSPS) is 12.0. The number of hydrogen-bond acceptors (Lipinski definition) is 4. The van der Waals surface area contributed by atoms with Gasteiger partial charge in [-0.1, -0.05) is 30.3 Å². The third-order valence-corrected chi connectivity index (χ3v) is 4.05. The first-order valence-corrected chi connectivity index (χ1v) is 8.03. The average Bonchev–Trinajstić information content (AvgIpc) is 2.90. The number of ether oxygens (including phenoxy) is 1. The third-order valence-electron chi connectivity index (χ3n) is 4.05. The van der Waals surface area contributed by atoms with Gasteiger partial charge >= 0.3 is 12.1 Å². The maximum atomic E-state index is 12.6. The van der Waals surface area contributed by atoms with Crippen LogP contribution in [0.1, 0.15) is 36.7 Å². The van der Waals surface area contributed by atoms with Gasteiger partial charge < -0.3 is 9.84 Å². The summed E-state index contributed by atoms with van der Waals surface area (Å²) >= 11 is 0. The zero-order valence-electron chi connectivity index (χ0n) is 14.8. The summed E-state index contributed by atoms with van der Waals surface area (Å²) in [6, 6.07) is 7.74. The molecule has 1 amide bonds. The van der Waals surface area contributed by atoms with Crippen molar-refractivity contribution < 1.29 is 19.4 Å². The summed E-state index contributed by atoms with van der Waals surface area (Å²) in [5, 5.41) is 13.8. The van der Waals surface area contributed by atoms with Gasteiger partial charge in [0.15, 0.2) is 6.04 Å². The van der Waals surface area contributed by atoms with Crippen LogP contribution in [-0.4, -0.2) is 37.9 Å². The Morgan fingerprint density at radius 2 is 1.92 bits per heavy atom. The van der Waals surface area contributed by atoms with Crippen molar-refractivity contribution in [3.63, 3.8) is 0 Å². The molecule has 1 heterocycles. The van der Waals surface area contributed by atoms with Crippen molar-refractivity contribution in [2.24, 2.45) is 7.05 Å². The molecule has 0 saturated heterocycles. The number of rotatable bonds is 6. The predicted octanol–water partition coefficient (Wildman–Crippen LogP) is 2.90. The highest BCUT2D eigenvalue weighted by atomic mass is 16.6. The van der Waals surface area contributed by atoms with Crippen molar-refractivity contribution in [3.05, 3.63) is 53.3 Å². The first-order chi connectivity index (χ1) is 11.8. The minimum Gasteiger partial charge on any atom is -0.479 e. The first-order valence-electron chi connectivity index (χ1n) is 8.03. The molecule has 0 aliphatic carbocycles. The van der Waals surface area contributed by atoms with Crippen LogP contribution in [0.2, 0.25) is 0 Å². The highest BCUT2D eigenvalue weighted by Crippen LogP contribution is 2.27. The monoisotopic (exact) mass is 345 g/mol. The lowest BCUT2D eigenvalue weighted by Gasteiger charge is -2.31. The van der Waals surface area contributed by atoms with Crippen LogP contribution < -0.4 is 0 Å². The van der Waals surface area contributed by atoms with Crippen LogP contribution in [-0.2, 0) is 23.2 Å². The third kappa shape index (κ3) is 4.17. The largest absolute Gasteiger partial charge is 0.479 e. The number of aromatic nitrogens is 2. The number of carboxylic acids is 1. The maximum Gasteiger partial charge on any atom is 0.411 e. The van der Waals surface area contributed by atoms with Gasteiger partial charge in [-0.15, -0.1) is 0 Å². The second kappa shape index (κ2) is 7.83. The van der Waals surface area contributed by atoms with Gasteiger partial charge in [0.1, 0.15) is 6.61 Å².